The van der Waals surface area contributed by atoms with Crippen molar-refractivity contribution in [2.45, 2.75) is 18.6 Å². The third kappa shape index (κ3) is 5.46. The first-order valence-electron chi connectivity index (χ1n) is 11.4. The van der Waals surface area contributed by atoms with Crippen LogP contribution in [-0.4, -0.2) is 69.9 Å². The molecule has 0 aliphatic carbocycles. The van der Waals surface area contributed by atoms with Crippen LogP contribution >= 0.6 is 23.2 Å². The zero-order valence-corrected chi connectivity index (χ0v) is 21.4. The number of nitrogens with zero attached hydrogens (tertiary/aromatic N) is 3. The number of ether oxygens (including phenoxy) is 1. The minimum Gasteiger partial charge on any atom is -0.495 e. The molecule has 2 heterocycles. The number of piperazine rings is 1. The highest BCUT2D eigenvalue weighted by Gasteiger charge is 2.34. The van der Waals surface area contributed by atoms with Crippen LogP contribution in [0.4, 0.5) is 5.69 Å². The third-order valence-electron chi connectivity index (χ3n) is 6.60. The number of rotatable bonds is 6. The molecule has 4 rings (SSSR count). The van der Waals surface area contributed by atoms with E-state index < -0.39 is 10.0 Å². The van der Waals surface area contributed by atoms with E-state index in [2.05, 4.69) is 4.90 Å². The Labute approximate surface area is 211 Å². The first-order valence-corrected chi connectivity index (χ1v) is 13.7. The number of methoxy groups -OCH3 is 1. The largest absolute Gasteiger partial charge is 0.495 e. The van der Waals surface area contributed by atoms with Gasteiger partial charge in [-0.1, -0.05) is 41.4 Å². The van der Waals surface area contributed by atoms with Crippen LogP contribution < -0.4 is 9.64 Å². The third-order valence-corrected chi connectivity index (χ3v) is 9.12. The lowest BCUT2D eigenvalue weighted by molar-refractivity contribution is -0.137. The van der Waals surface area contributed by atoms with Gasteiger partial charge >= 0.3 is 0 Å². The maximum atomic E-state index is 13.1. The van der Waals surface area contributed by atoms with E-state index in [-0.39, 0.29) is 17.6 Å². The van der Waals surface area contributed by atoms with Gasteiger partial charge in [-0.15, -0.1) is 0 Å². The van der Waals surface area contributed by atoms with Crippen molar-refractivity contribution in [2.24, 2.45) is 5.92 Å². The van der Waals surface area contributed by atoms with E-state index in [1.54, 1.807) is 25.3 Å². The zero-order valence-electron chi connectivity index (χ0n) is 19.1. The average Bonchev–Trinajstić information content (AvgIpc) is 2.86. The van der Waals surface area contributed by atoms with Crippen LogP contribution in [0.3, 0.4) is 0 Å². The summed E-state index contributed by atoms with van der Waals surface area (Å²) in [5, 5.41) is 0.682. The lowest BCUT2D eigenvalue weighted by Gasteiger charge is -2.39. The molecule has 0 N–H and O–H groups in total. The number of piperidine rings is 1. The van der Waals surface area contributed by atoms with Gasteiger partial charge in [-0.05, 0) is 37.1 Å². The second-order valence-electron chi connectivity index (χ2n) is 8.61. The van der Waals surface area contributed by atoms with E-state index in [0.29, 0.717) is 54.6 Å². The SMILES string of the molecule is COc1ccccc1N1CCN(C(=O)C2CCN(S(=O)(=O)Cc3c(Cl)cccc3Cl)CC2)CC1. The van der Waals surface area contributed by atoms with Gasteiger partial charge in [0.1, 0.15) is 5.75 Å². The summed E-state index contributed by atoms with van der Waals surface area (Å²) in [6, 6.07) is 12.9. The highest BCUT2D eigenvalue weighted by atomic mass is 35.5. The molecule has 1 amide bonds. The molecule has 0 spiro atoms. The molecule has 2 fully saturated rings. The van der Waals surface area contributed by atoms with E-state index in [9.17, 15) is 13.2 Å². The van der Waals surface area contributed by atoms with E-state index in [1.807, 2.05) is 29.2 Å². The number of anilines is 1. The Kier molecular flexibility index (Phi) is 7.92. The summed E-state index contributed by atoms with van der Waals surface area (Å²) in [5.41, 5.74) is 1.45. The lowest BCUT2D eigenvalue weighted by Crippen LogP contribution is -2.52. The topological polar surface area (TPSA) is 70.2 Å². The molecular weight excluding hydrogens is 497 g/mol. The molecule has 0 saturated carbocycles. The van der Waals surface area contributed by atoms with Crippen molar-refractivity contribution in [3.05, 3.63) is 58.1 Å². The van der Waals surface area contributed by atoms with Crippen molar-refractivity contribution in [1.29, 1.82) is 0 Å². The minimum atomic E-state index is -3.58. The Morgan fingerprint density at radius 2 is 1.56 bits per heavy atom. The highest BCUT2D eigenvalue weighted by molar-refractivity contribution is 7.88. The predicted octanol–water partition coefficient (Wildman–Crippen LogP) is 3.89. The van der Waals surface area contributed by atoms with Gasteiger partial charge < -0.3 is 14.5 Å². The number of halogens is 2. The fourth-order valence-corrected chi connectivity index (χ4v) is 6.96. The van der Waals surface area contributed by atoms with Gasteiger partial charge in [0.05, 0.1) is 18.6 Å². The Hall–Kier alpha value is -2.00. The number of sulfonamides is 1. The summed E-state index contributed by atoms with van der Waals surface area (Å²) in [6.07, 6.45) is 1.03. The van der Waals surface area contributed by atoms with Crippen LogP contribution in [0.2, 0.25) is 10.0 Å². The van der Waals surface area contributed by atoms with Gasteiger partial charge in [0.25, 0.3) is 0 Å². The van der Waals surface area contributed by atoms with Crippen LogP contribution in [-0.2, 0) is 20.6 Å². The maximum Gasteiger partial charge on any atom is 0.225 e. The maximum absolute atomic E-state index is 13.1. The van der Waals surface area contributed by atoms with Crippen LogP contribution in [0, 0.1) is 5.92 Å². The molecule has 2 aromatic carbocycles. The summed E-state index contributed by atoms with van der Waals surface area (Å²) in [5.74, 6) is 0.544. The molecule has 0 radical (unpaired) electrons. The molecule has 7 nitrogen and oxygen atoms in total. The highest BCUT2D eigenvalue weighted by Crippen LogP contribution is 2.31. The first-order chi connectivity index (χ1) is 16.3. The second kappa shape index (κ2) is 10.7. The number of para-hydroxylation sites is 2. The number of hydrogen-bond acceptors (Lipinski definition) is 5. The van der Waals surface area contributed by atoms with E-state index in [1.165, 1.54) is 4.31 Å². The summed E-state index contributed by atoms with van der Waals surface area (Å²) < 4.78 is 32.8. The smallest absolute Gasteiger partial charge is 0.225 e. The quantitative estimate of drug-likeness (QED) is 0.572. The Morgan fingerprint density at radius 1 is 0.941 bits per heavy atom. The van der Waals surface area contributed by atoms with Crippen molar-refractivity contribution < 1.29 is 17.9 Å². The van der Waals surface area contributed by atoms with Gasteiger partial charge in [0, 0.05) is 60.8 Å². The van der Waals surface area contributed by atoms with Gasteiger partial charge in [-0.3, -0.25) is 4.79 Å². The van der Waals surface area contributed by atoms with E-state index in [4.69, 9.17) is 27.9 Å². The van der Waals surface area contributed by atoms with E-state index in [0.717, 1.165) is 24.5 Å². The van der Waals surface area contributed by atoms with Crippen LogP contribution in [0.1, 0.15) is 18.4 Å². The molecule has 2 aromatic rings. The van der Waals surface area contributed by atoms with Gasteiger partial charge in [0.2, 0.25) is 15.9 Å². The first kappa shape index (κ1) is 25.1. The Morgan fingerprint density at radius 3 is 2.18 bits per heavy atom. The molecule has 184 valence electrons. The van der Waals surface area contributed by atoms with Crippen molar-refractivity contribution in [3.63, 3.8) is 0 Å². The van der Waals surface area contributed by atoms with Gasteiger partial charge in [0.15, 0.2) is 0 Å². The minimum absolute atomic E-state index is 0.117. The van der Waals surface area contributed by atoms with Crippen LogP contribution in [0.25, 0.3) is 0 Å². The molecular formula is C24H29Cl2N3O4S. The number of amides is 1. The fourth-order valence-electron chi connectivity index (χ4n) is 4.64. The standard InChI is InChI=1S/C24H29Cl2N3O4S/c1-33-23-8-3-2-7-22(23)27-13-15-28(16-14-27)24(30)18-9-11-29(12-10-18)34(31,32)17-19-20(25)5-4-6-21(19)26/h2-8,18H,9-17H2,1H3. The van der Waals surface area contributed by atoms with Crippen LogP contribution in [0.15, 0.2) is 42.5 Å². The second-order valence-corrected chi connectivity index (χ2v) is 11.4. The molecule has 0 unspecified atom stereocenters. The van der Waals surface area contributed by atoms with Crippen molar-refractivity contribution in [1.82, 2.24) is 9.21 Å². The van der Waals surface area contributed by atoms with Crippen molar-refractivity contribution >= 4 is 44.8 Å². The molecule has 0 bridgehead atoms. The van der Waals surface area contributed by atoms with Crippen molar-refractivity contribution in [2.75, 3.05) is 51.3 Å². The number of carbonyl (C=O) groups is 1. The Balaban J connectivity index is 1.31. The molecule has 34 heavy (non-hydrogen) atoms. The summed E-state index contributed by atoms with van der Waals surface area (Å²) >= 11 is 12.3. The number of carbonyl (C=O) groups excluding carboxylic acids is 1. The molecule has 10 heteroatoms. The molecule has 0 atom stereocenters. The normalized spacial score (nSPS) is 18.2. The fraction of sp³-hybridized carbons (Fsp3) is 0.458. The van der Waals surface area contributed by atoms with E-state index >= 15 is 0 Å². The van der Waals surface area contributed by atoms with Crippen LogP contribution in [0.5, 0.6) is 5.75 Å². The number of hydrogen-bond donors (Lipinski definition) is 0. The van der Waals surface area contributed by atoms with Gasteiger partial charge in [-0.25, -0.2) is 12.7 Å². The summed E-state index contributed by atoms with van der Waals surface area (Å²) in [6.45, 7) is 3.39. The predicted molar refractivity (Wildman–Crippen MR) is 135 cm³/mol. The van der Waals surface area contributed by atoms with Crippen molar-refractivity contribution in [3.8, 4) is 5.75 Å². The molecule has 0 aromatic heterocycles. The zero-order chi connectivity index (χ0) is 24.3. The monoisotopic (exact) mass is 525 g/mol. The number of benzene rings is 2. The summed E-state index contributed by atoms with van der Waals surface area (Å²) in [7, 11) is -1.92. The lowest BCUT2D eigenvalue weighted by atomic mass is 9.96. The van der Waals surface area contributed by atoms with Gasteiger partial charge in [-0.2, -0.15) is 0 Å². The Bertz CT molecular complexity index is 1110. The average molecular weight is 526 g/mol. The molecule has 2 aliphatic heterocycles. The summed E-state index contributed by atoms with van der Waals surface area (Å²) in [4.78, 5) is 17.3. The molecule has 2 saturated heterocycles. The molecule has 2 aliphatic rings.